The third kappa shape index (κ3) is 3.67. The van der Waals surface area contributed by atoms with Crippen molar-refractivity contribution in [2.75, 3.05) is 0 Å². The fourth-order valence-electron chi connectivity index (χ4n) is 2.07. The Labute approximate surface area is 128 Å². The Hall–Kier alpha value is -2.43. The predicted molar refractivity (Wildman–Crippen MR) is 70.2 cm³/mol. The van der Waals surface area contributed by atoms with Crippen LogP contribution in [0.25, 0.3) is 11.7 Å². The van der Waals surface area contributed by atoms with Gasteiger partial charge in [0.1, 0.15) is 0 Å². The van der Waals surface area contributed by atoms with Crippen molar-refractivity contribution < 1.29 is 27.5 Å². The molecule has 0 fully saturated rings. The summed E-state index contributed by atoms with van der Waals surface area (Å²) in [5.41, 5.74) is 2.32. The van der Waals surface area contributed by atoms with E-state index in [0.29, 0.717) is 11.8 Å². The van der Waals surface area contributed by atoms with Gasteiger partial charge in [-0.1, -0.05) is 0 Å². The van der Waals surface area contributed by atoms with E-state index in [1.165, 1.54) is 5.69 Å². The maximum atomic E-state index is 10.6. The van der Waals surface area contributed by atoms with Crippen molar-refractivity contribution >= 4 is 5.97 Å². The Bertz CT molecular complexity index is 707. The molecule has 2 N–H and O–H groups in total. The highest BCUT2D eigenvalue weighted by Crippen LogP contribution is 2.24. The van der Waals surface area contributed by atoms with Crippen LogP contribution in [0.3, 0.4) is 0 Å². The smallest absolute Gasteiger partial charge is 0.475 e. The Morgan fingerprint density at radius 3 is 2.52 bits per heavy atom. The topological polar surface area (TPSA) is 106 Å². The third-order valence-corrected chi connectivity index (χ3v) is 3.02. The van der Waals surface area contributed by atoms with Crippen molar-refractivity contribution in [3.05, 3.63) is 17.3 Å². The molecule has 3 heterocycles. The lowest BCUT2D eigenvalue weighted by Crippen LogP contribution is -2.21. The molecule has 0 spiro atoms. The molecule has 0 atom stereocenters. The van der Waals surface area contributed by atoms with Gasteiger partial charge in [0.25, 0.3) is 5.89 Å². The highest BCUT2D eigenvalue weighted by molar-refractivity contribution is 5.73. The number of hydrogen-bond donors (Lipinski definition) is 2. The summed E-state index contributed by atoms with van der Waals surface area (Å²) >= 11 is 0. The summed E-state index contributed by atoms with van der Waals surface area (Å²) < 4.78 is 39.3. The molecule has 1 aliphatic heterocycles. The molecule has 0 saturated heterocycles. The monoisotopic (exact) mass is 333 g/mol. The number of aliphatic carboxylic acids is 1. The molecule has 11 heteroatoms. The van der Waals surface area contributed by atoms with Gasteiger partial charge in [0.05, 0.1) is 11.4 Å². The number of aromatic nitrogens is 4. The van der Waals surface area contributed by atoms with Gasteiger partial charge in [0.2, 0.25) is 5.89 Å². The highest BCUT2D eigenvalue weighted by atomic mass is 19.4. The first kappa shape index (κ1) is 16.9. The van der Waals surface area contributed by atoms with Crippen molar-refractivity contribution in [1.82, 2.24) is 25.1 Å². The Morgan fingerprint density at radius 2 is 2.04 bits per heavy atom. The van der Waals surface area contributed by atoms with Crippen LogP contribution in [0.4, 0.5) is 13.2 Å². The summed E-state index contributed by atoms with van der Waals surface area (Å²) in [7, 11) is 0. The molecular formula is C12H14F3N5O3. The number of rotatable bonds is 2. The Kier molecular flexibility index (Phi) is 4.68. The SMILES string of the molecule is CCn1c(-c2nnc(C)o2)nc2c1CNC2.O=C(O)C(F)(F)F. The van der Waals surface area contributed by atoms with Crippen molar-refractivity contribution in [2.45, 2.75) is 39.7 Å². The minimum atomic E-state index is -5.08. The number of carboxylic acid groups (broad SMARTS) is 1. The number of imidazole rings is 1. The van der Waals surface area contributed by atoms with Crippen LogP contribution in [0, 0.1) is 6.92 Å². The summed E-state index contributed by atoms with van der Waals surface area (Å²) in [5, 5.41) is 18.3. The second kappa shape index (κ2) is 6.36. The van der Waals surface area contributed by atoms with E-state index < -0.39 is 12.1 Å². The standard InChI is InChI=1S/C10H13N5O.C2HF3O2/c1-3-15-8-5-11-4-7(8)12-9(15)10-14-13-6(2)16-10;3-2(4,5)1(6)7/h11H,3-5H2,1-2H3;(H,6,7). The molecule has 0 saturated carbocycles. The zero-order valence-electron chi connectivity index (χ0n) is 12.3. The predicted octanol–water partition coefficient (Wildman–Crippen LogP) is 1.50. The first-order chi connectivity index (χ1) is 10.7. The van der Waals surface area contributed by atoms with E-state index in [1.807, 2.05) is 0 Å². The lowest BCUT2D eigenvalue weighted by molar-refractivity contribution is -0.192. The van der Waals surface area contributed by atoms with E-state index in [4.69, 9.17) is 14.3 Å². The summed E-state index contributed by atoms with van der Waals surface area (Å²) in [5.74, 6) is -0.894. The van der Waals surface area contributed by atoms with Crippen molar-refractivity contribution in [1.29, 1.82) is 0 Å². The molecule has 0 amide bonds. The molecule has 3 rings (SSSR count). The maximum Gasteiger partial charge on any atom is 0.490 e. The minimum Gasteiger partial charge on any atom is -0.475 e. The molecule has 8 nitrogen and oxygen atoms in total. The van der Waals surface area contributed by atoms with Gasteiger partial charge in [-0.3, -0.25) is 0 Å². The normalized spacial score (nSPS) is 13.4. The van der Waals surface area contributed by atoms with Crippen LogP contribution in [0.15, 0.2) is 4.42 Å². The van der Waals surface area contributed by atoms with E-state index in [0.717, 1.165) is 31.2 Å². The van der Waals surface area contributed by atoms with Crippen molar-refractivity contribution in [3.63, 3.8) is 0 Å². The quantitative estimate of drug-likeness (QED) is 0.857. The van der Waals surface area contributed by atoms with Gasteiger partial charge >= 0.3 is 12.1 Å². The van der Waals surface area contributed by atoms with Gasteiger partial charge in [-0.25, -0.2) is 9.78 Å². The van der Waals surface area contributed by atoms with Crippen LogP contribution in [-0.4, -0.2) is 37.0 Å². The Morgan fingerprint density at radius 1 is 1.39 bits per heavy atom. The van der Waals surface area contributed by atoms with Crippen LogP contribution < -0.4 is 5.32 Å². The van der Waals surface area contributed by atoms with Gasteiger partial charge in [-0.15, -0.1) is 10.2 Å². The van der Waals surface area contributed by atoms with E-state index in [2.05, 4.69) is 32.0 Å². The van der Waals surface area contributed by atoms with Crippen LogP contribution in [0.2, 0.25) is 0 Å². The number of hydrogen-bond acceptors (Lipinski definition) is 6. The van der Waals surface area contributed by atoms with E-state index >= 15 is 0 Å². The maximum absolute atomic E-state index is 10.6. The molecule has 0 radical (unpaired) electrons. The largest absolute Gasteiger partial charge is 0.490 e. The zero-order valence-corrected chi connectivity index (χ0v) is 12.3. The zero-order chi connectivity index (χ0) is 17.2. The van der Waals surface area contributed by atoms with Gasteiger partial charge in [0, 0.05) is 26.6 Å². The number of fused-ring (bicyclic) bond motifs is 1. The average Bonchev–Trinajstić information content (AvgIpc) is 3.12. The minimum absolute atomic E-state index is 0.508. The lowest BCUT2D eigenvalue weighted by Gasteiger charge is -2.04. The van der Waals surface area contributed by atoms with Gasteiger partial charge in [-0.2, -0.15) is 13.2 Å². The molecule has 1 aliphatic rings. The first-order valence-electron chi connectivity index (χ1n) is 6.63. The number of alkyl halides is 3. The number of nitrogens with one attached hydrogen (secondary N) is 1. The fourth-order valence-corrected chi connectivity index (χ4v) is 2.07. The first-order valence-corrected chi connectivity index (χ1v) is 6.63. The summed E-state index contributed by atoms with van der Waals surface area (Å²) in [4.78, 5) is 13.4. The number of carboxylic acids is 1. The molecular weight excluding hydrogens is 319 g/mol. The van der Waals surface area contributed by atoms with Crippen LogP contribution >= 0.6 is 0 Å². The molecule has 0 aromatic carbocycles. The highest BCUT2D eigenvalue weighted by Gasteiger charge is 2.38. The van der Waals surface area contributed by atoms with E-state index in [1.54, 1.807) is 6.92 Å². The summed E-state index contributed by atoms with van der Waals surface area (Å²) in [6, 6.07) is 0. The summed E-state index contributed by atoms with van der Waals surface area (Å²) in [6.45, 7) is 6.42. The second-order valence-corrected chi connectivity index (χ2v) is 4.61. The van der Waals surface area contributed by atoms with Crippen molar-refractivity contribution in [3.8, 4) is 11.7 Å². The van der Waals surface area contributed by atoms with Gasteiger partial charge < -0.3 is 19.4 Å². The number of aryl methyl sites for hydroxylation is 1. The van der Waals surface area contributed by atoms with Crippen LogP contribution in [0.1, 0.15) is 24.2 Å². The van der Waals surface area contributed by atoms with E-state index in [-0.39, 0.29) is 0 Å². The van der Waals surface area contributed by atoms with Crippen LogP contribution in [0.5, 0.6) is 0 Å². The Balaban J connectivity index is 0.000000236. The number of carbonyl (C=O) groups is 1. The molecule has 2 aromatic heterocycles. The number of halogens is 3. The van der Waals surface area contributed by atoms with Crippen molar-refractivity contribution in [2.24, 2.45) is 0 Å². The van der Waals surface area contributed by atoms with Gasteiger partial charge in [0.15, 0.2) is 5.82 Å². The molecule has 0 aliphatic carbocycles. The number of nitrogens with zero attached hydrogens (tertiary/aromatic N) is 4. The summed E-state index contributed by atoms with van der Waals surface area (Å²) in [6.07, 6.45) is -5.08. The average molecular weight is 333 g/mol. The van der Waals surface area contributed by atoms with E-state index in [9.17, 15) is 13.2 Å². The molecule has 126 valence electrons. The molecule has 0 unspecified atom stereocenters. The molecule has 0 bridgehead atoms. The fraction of sp³-hybridized carbons (Fsp3) is 0.500. The lowest BCUT2D eigenvalue weighted by atomic mass is 10.4. The third-order valence-electron chi connectivity index (χ3n) is 3.02. The molecule has 23 heavy (non-hydrogen) atoms. The van der Waals surface area contributed by atoms with Crippen LogP contribution in [-0.2, 0) is 24.4 Å². The molecule has 2 aromatic rings. The van der Waals surface area contributed by atoms with Gasteiger partial charge in [-0.05, 0) is 6.92 Å². The second-order valence-electron chi connectivity index (χ2n) is 4.61.